The van der Waals surface area contributed by atoms with E-state index in [0.29, 0.717) is 20.2 Å². The van der Waals surface area contributed by atoms with E-state index in [1.807, 2.05) is 0 Å². The number of esters is 3. The van der Waals surface area contributed by atoms with Crippen LogP contribution in [0.15, 0.2) is 104 Å². The van der Waals surface area contributed by atoms with E-state index in [1.165, 1.54) is 6.33 Å². The highest BCUT2D eigenvalue weighted by atomic mass is 127. The van der Waals surface area contributed by atoms with Crippen molar-refractivity contribution >= 4 is 63.1 Å². The number of nitrogens with zero attached hydrogens (tertiary/aromatic N) is 3. The molecule has 12 heteroatoms. The monoisotopic (exact) mass is 737 g/mol. The number of benzene rings is 3. The lowest BCUT2D eigenvalue weighted by Gasteiger charge is -2.35. The van der Waals surface area contributed by atoms with Gasteiger partial charge in [0.25, 0.3) is 0 Å². The summed E-state index contributed by atoms with van der Waals surface area (Å²) >= 11 is 8.54. The van der Waals surface area contributed by atoms with E-state index in [1.54, 1.807) is 109 Å². The maximum atomic E-state index is 13.6. The smallest absolute Gasteiger partial charge is 0.338 e. The molecule has 4 atom stereocenters. The fraction of sp³-hybridized carbons (Fsp3) is 0.182. The summed E-state index contributed by atoms with van der Waals surface area (Å²) in [4.78, 5) is 48.5. The average molecular weight is 738 g/mol. The van der Waals surface area contributed by atoms with Gasteiger partial charge in [-0.1, -0.05) is 66.2 Å². The van der Waals surface area contributed by atoms with E-state index < -0.39 is 41.9 Å². The molecule has 0 spiro atoms. The number of ether oxygens (including phenoxy) is 4. The van der Waals surface area contributed by atoms with Crippen molar-refractivity contribution in [1.82, 2.24) is 14.5 Å². The van der Waals surface area contributed by atoms with Crippen molar-refractivity contribution < 1.29 is 33.3 Å². The lowest BCUT2D eigenvalue weighted by atomic mass is 9.95. The zero-order chi connectivity index (χ0) is 31.6. The normalized spacial score (nSPS) is 20.9. The van der Waals surface area contributed by atoms with Crippen LogP contribution in [0, 0.1) is 3.57 Å². The minimum Gasteiger partial charge on any atom is -0.459 e. The van der Waals surface area contributed by atoms with Gasteiger partial charge in [0.1, 0.15) is 29.8 Å². The van der Waals surface area contributed by atoms with Gasteiger partial charge < -0.3 is 23.5 Å². The van der Waals surface area contributed by atoms with Crippen LogP contribution in [0.25, 0.3) is 11.0 Å². The Morgan fingerprint density at radius 3 is 2.02 bits per heavy atom. The van der Waals surface area contributed by atoms with Crippen molar-refractivity contribution in [2.24, 2.45) is 0 Å². The number of carbonyl (C=O) groups excluding carboxylic acids is 3. The van der Waals surface area contributed by atoms with Crippen LogP contribution >= 0.6 is 34.2 Å². The second kappa shape index (κ2) is 13.0. The maximum Gasteiger partial charge on any atom is 0.338 e. The molecule has 0 radical (unpaired) electrons. The van der Waals surface area contributed by atoms with Crippen molar-refractivity contribution in [3.05, 3.63) is 129 Å². The SMILES string of the molecule is CC1(OC(=O)c2ccccc2)C(OC(=O)c2ccccc2)[C@@H](COC(=O)c2ccccc2)O[C@H]1n1cc(I)c2c(Cl)ncnc21. The zero-order valence-corrected chi connectivity index (χ0v) is 26.6. The minimum absolute atomic E-state index is 0.226. The number of aromatic nitrogens is 3. The molecule has 6 rings (SSSR count). The average Bonchev–Trinajstić information content (AvgIpc) is 3.54. The van der Waals surface area contributed by atoms with E-state index in [0.717, 1.165) is 0 Å². The Bertz CT molecular complexity index is 1860. The van der Waals surface area contributed by atoms with Crippen LogP contribution in [0.4, 0.5) is 0 Å². The molecule has 1 fully saturated rings. The van der Waals surface area contributed by atoms with Crippen LogP contribution in [-0.4, -0.2) is 56.9 Å². The first kappa shape index (κ1) is 30.7. The molecule has 3 aromatic carbocycles. The van der Waals surface area contributed by atoms with Crippen LogP contribution in [0.2, 0.25) is 5.15 Å². The molecule has 2 unspecified atom stereocenters. The highest BCUT2D eigenvalue weighted by Crippen LogP contribution is 2.46. The number of hydrogen-bond donors (Lipinski definition) is 0. The van der Waals surface area contributed by atoms with Crippen LogP contribution in [-0.2, 0) is 18.9 Å². The first-order chi connectivity index (χ1) is 21.8. The van der Waals surface area contributed by atoms with Gasteiger partial charge in [0.05, 0.1) is 22.1 Å². The second-order valence-corrected chi connectivity index (χ2v) is 11.9. The van der Waals surface area contributed by atoms with Crippen LogP contribution in [0.5, 0.6) is 0 Å². The largest absolute Gasteiger partial charge is 0.459 e. The van der Waals surface area contributed by atoms with Gasteiger partial charge in [0, 0.05) is 9.77 Å². The van der Waals surface area contributed by atoms with Gasteiger partial charge in [0.2, 0.25) is 0 Å². The molecule has 10 nitrogen and oxygen atoms in total. The summed E-state index contributed by atoms with van der Waals surface area (Å²) in [5.41, 5.74) is -0.366. The maximum absolute atomic E-state index is 13.6. The minimum atomic E-state index is -1.66. The highest BCUT2D eigenvalue weighted by Gasteiger charge is 2.60. The number of rotatable bonds is 8. The van der Waals surface area contributed by atoms with E-state index in [2.05, 4.69) is 32.6 Å². The third-order valence-electron chi connectivity index (χ3n) is 7.42. The summed E-state index contributed by atoms with van der Waals surface area (Å²) in [6, 6.07) is 25.3. The molecule has 2 aromatic heterocycles. The molecule has 1 saturated heterocycles. The molecule has 0 bridgehead atoms. The third-order valence-corrected chi connectivity index (χ3v) is 8.52. The molecular weight excluding hydrogens is 713 g/mol. The van der Waals surface area contributed by atoms with Gasteiger partial charge >= 0.3 is 17.9 Å². The van der Waals surface area contributed by atoms with Gasteiger partial charge in [-0.2, -0.15) is 0 Å². The Morgan fingerprint density at radius 2 is 1.42 bits per heavy atom. The van der Waals surface area contributed by atoms with Crippen molar-refractivity contribution in [3.8, 4) is 0 Å². The molecule has 0 aliphatic carbocycles. The van der Waals surface area contributed by atoms with Crippen LogP contribution in [0.1, 0.15) is 44.2 Å². The van der Waals surface area contributed by atoms with Crippen LogP contribution < -0.4 is 0 Å². The van der Waals surface area contributed by atoms with Gasteiger partial charge in [-0.15, -0.1) is 0 Å². The zero-order valence-electron chi connectivity index (χ0n) is 23.7. The Hall–Kier alpha value is -4.33. The molecule has 3 heterocycles. The molecule has 45 heavy (non-hydrogen) atoms. The first-order valence-electron chi connectivity index (χ1n) is 13.8. The molecule has 5 aromatic rings. The van der Waals surface area contributed by atoms with Crippen molar-refractivity contribution in [3.63, 3.8) is 0 Å². The predicted octanol–water partition coefficient (Wildman–Crippen LogP) is 6.29. The third kappa shape index (κ3) is 6.15. The molecule has 0 saturated carbocycles. The molecular formula is C33H25ClIN3O7. The molecule has 0 N–H and O–H groups in total. The summed E-state index contributed by atoms with van der Waals surface area (Å²) in [6.07, 6.45) is -0.350. The molecule has 0 amide bonds. The summed E-state index contributed by atoms with van der Waals surface area (Å²) < 4.78 is 26.9. The predicted molar refractivity (Wildman–Crippen MR) is 172 cm³/mol. The first-order valence-corrected chi connectivity index (χ1v) is 15.3. The van der Waals surface area contributed by atoms with E-state index in [9.17, 15) is 14.4 Å². The fourth-order valence-electron chi connectivity index (χ4n) is 5.24. The van der Waals surface area contributed by atoms with Crippen molar-refractivity contribution in [2.75, 3.05) is 6.61 Å². The van der Waals surface area contributed by atoms with Crippen LogP contribution in [0.3, 0.4) is 0 Å². The van der Waals surface area contributed by atoms with Gasteiger partial charge in [-0.25, -0.2) is 24.4 Å². The Balaban J connectivity index is 1.43. The van der Waals surface area contributed by atoms with Gasteiger partial charge in [-0.3, -0.25) is 0 Å². The Kier molecular flexibility index (Phi) is 8.83. The topological polar surface area (TPSA) is 119 Å². The lowest BCUT2D eigenvalue weighted by molar-refractivity contribution is -0.108. The van der Waals surface area contributed by atoms with Crippen molar-refractivity contribution in [2.45, 2.75) is 31.0 Å². The fourth-order valence-corrected chi connectivity index (χ4v) is 6.43. The number of hydrogen-bond acceptors (Lipinski definition) is 9. The highest BCUT2D eigenvalue weighted by molar-refractivity contribution is 14.1. The Morgan fingerprint density at radius 1 is 0.867 bits per heavy atom. The quantitative estimate of drug-likeness (QED) is 0.0785. The number of halogens is 2. The van der Waals surface area contributed by atoms with E-state index in [-0.39, 0.29) is 22.9 Å². The summed E-state index contributed by atoms with van der Waals surface area (Å²) in [6.45, 7) is 1.30. The standard InChI is InChI=1S/C33H25ClIN3O7/c1-33(45-31(41)22-15-9-4-10-16-22)26(44-30(40)21-13-7-3-8-14-21)24(18-42-29(39)20-11-5-2-6-12-20)43-32(33)38-17-23(35)25-27(34)36-19-37-28(25)38/h2-17,19,24,26,32H,18H2,1H3/t24-,26?,32-,33?/m1/s1. The number of fused-ring (bicyclic) bond motifs is 1. The Labute approximate surface area is 276 Å². The van der Waals surface area contributed by atoms with E-state index >= 15 is 0 Å². The lowest BCUT2D eigenvalue weighted by Crippen LogP contribution is -2.50. The summed E-state index contributed by atoms with van der Waals surface area (Å²) in [7, 11) is 0. The second-order valence-electron chi connectivity index (χ2n) is 10.4. The van der Waals surface area contributed by atoms with Gasteiger partial charge in [0.15, 0.2) is 17.9 Å². The van der Waals surface area contributed by atoms with E-state index in [4.69, 9.17) is 30.5 Å². The molecule has 228 valence electrons. The van der Waals surface area contributed by atoms with Crippen molar-refractivity contribution in [1.29, 1.82) is 0 Å². The molecule has 1 aliphatic rings. The van der Waals surface area contributed by atoms with Gasteiger partial charge in [-0.05, 0) is 65.9 Å². The molecule has 1 aliphatic heterocycles. The number of carbonyl (C=O) groups is 3. The summed E-state index contributed by atoms with van der Waals surface area (Å²) in [5, 5.41) is 0.793. The summed E-state index contributed by atoms with van der Waals surface area (Å²) in [5.74, 6) is -1.95.